The molecule has 49 heavy (non-hydrogen) atoms. The highest BCUT2D eigenvalue weighted by Crippen LogP contribution is 2.31. The van der Waals surface area contributed by atoms with Crippen LogP contribution in [0.2, 0.25) is 0 Å². The molecule has 3 aromatic rings. The Bertz CT molecular complexity index is 1510. The number of likely N-dealkylation sites (N-methyl/N-ethyl adjacent to an activating group) is 1. The van der Waals surface area contributed by atoms with Gasteiger partial charge in [0.1, 0.15) is 5.75 Å². The summed E-state index contributed by atoms with van der Waals surface area (Å²) in [6, 6.07) is 17.8. The van der Waals surface area contributed by atoms with E-state index in [0.29, 0.717) is 25.4 Å². The van der Waals surface area contributed by atoms with Crippen molar-refractivity contribution in [2.24, 2.45) is 5.92 Å². The quantitative estimate of drug-likeness (QED) is 0.231. The Hall–Kier alpha value is -4.13. The van der Waals surface area contributed by atoms with Crippen molar-refractivity contribution in [3.05, 3.63) is 89.5 Å². The molecule has 1 aliphatic heterocycles. The Balaban J connectivity index is 1.57. The van der Waals surface area contributed by atoms with Crippen molar-refractivity contribution in [3.63, 3.8) is 0 Å². The van der Waals surface area contributed by atoms with E-state index in [9.17, 15) is 27.9 Å². The third-order valence-corrected chi connectivity index (χ3v) is 8.57. The Kier molecular flexibility index (Phi) is 13.5. The van der Waals surface area contributed by atoms with E-state index >= 15 is 0 Å². The molecule has 0 saturated carbocycles. The fraction of sp³-hybridized carbons (Fsp3) is 0.459. The Morgan fingerprint density at radius 1 is 1.02 bits per heavy atom. The molecule has 266 valence electrons. The number of benzene rings is 3. The second-order valence-corrected chi connectivity index (χ2v) is 12.8. The molecule has 3 N–H and O–H groups in total. The summed E-state index contributed by atoms with van der Waals surface area (Å²) in [5.41, 5.74) is 1.02. The minimum Gasteiger partial charge on any atom is -0.490 e. The molecule has 9 nitrogen and oxygen atoms in total. The molecule has 0 aromatic heterocycles. The minimum absolute atomic E-state index is 0.0989. The van der Waals surface area contributed by atoms with Crippen LogP contribution in [0.3, 0.4) is 0 Å². The number of aliphatic hydroxyl groups excluding tert-OH is 1. The highest BCUT2D eigenvalue weighted by Gasteiger charge is 2.31. The van der Waals surface area contributed by atoms with Gasteiger partial charge in [0, 0.05) is 43.5 Å². The second-order valence-electron chi connectivity index (χ2n) is 12.8. The van der Waals surface area contributed by atoms with Crippen LogP contribution in [0.25, 0.3) is 0 Å². The number of aliphatic hydroxyl groups is 1. The van der Waals surface area contributed by atoms with Crippen molar-refractivity contribution in [2.45, 2.75) is 71.0 Å². The smallest absolute Gasteiger partial charge is 0.416 e. The first-order valence-electron chi connectivity index (χ1n) is 16.7. The maximum Gasteiger partial charge on any atom is 0.416 e. The number of hydrogen-bond acceptors (Lipinski definition) is 6. The lowest BCUT2D eigenvalue weighted by atomic mass is 10.0. The molecule has 12 heteroatoms. The first-order valence-corrected chi connectivity index (χ1v) is 16.7. The largest absolute Gasteiger partial charge is 0.490 e. The van der Waals surface area contributed by atoms with Crippen LogP contribution < -0.4 is 15.4 Å². The number of rotatable bonds is 8. The summed E-state index contributed by atoms with van der Waals surface area (Å²) in [5.74, 6) is -0.129. The van der Waals surface area contributed by atoms with Gasteiger partial charge in [-0.1, -0.05) is 37.3 Å². The number of amides is 3. The first-order chi connectivity index (χ1) is 23.3. The van der Waals surface area contributed by atoms with Crippen LogP contribution in [0.1, 0.15) is 61.5 Å². The van der Waals surface area contributed by atoms with E-state index in [1.165, 1.54) is 11.6 Å². The zero-order chi connectivity index (χ0) is 35.6. The standard InChI is InChI=1S/C37H47F3N4O5/c1-25-21-44(26(2)24-45)35(46)32-20-31(42-36(47)41-30-15-13-29(14-16-30)37(38,39)40)17-18-33(32)49-27(3)10-8-9-19-48-34(25)23-43(4)22-28-11-6-5-7-12-28/h5-7,11-18,20,25-27,34,45H,8-10,19,21-24H2,1-4H3,(H2,41,42,47)/t25-,26+,27-,34+/m1/s1. The van der Waals surface area contributed by atoms with Crippen molar-refractivity contribution in [1.29, 1.82) is 0 Å². The molecule has 4 atom stereocenters. The lowest BCUT2D eigenvalue weighted by Gasteiger charge is -2.36. The molecule has 0 aliphatic carbocycles. The molecule has 3 amide bonds. The average Bonchev–Trinajstić information content (AvgIpc) is 3.06. The molecule has 0 bridgehead atoms. The molecule has 4 rings (SSSR count). The van der Waals surface area contributed by atoms with Crippen LogP contribution in [0.15, 0.2) is 72.8 Å². The second kappa shape index (κ2) is 17.5. The van der Waals surface area contributed by atoms with Gasteiger partial charge in [0.25, 0.3) is 5.91 Å². The normalized spacial score (nSPS) is 20.1. The van der Waals surface area contributed by atoms with Crippen molar-refractivity contribution in [3.8, 4) is 5.75 Å². The van der Waals surface area contributed by atoms with Gasteiger partial charge in [0.15, 0.2) is 0 Å². The van der Waals surface area contributed by atoms with Gasteiger partial charge >= 0.3 is 12.2 Å². The highest BCUT2D eigenvalue weighted by molar-refractivity contribution is 6.02. The summed E-state index contributed by atoms with van der Waals surface area (Å²) in [5, 5.41) is 15.4. The highest BCUT2D eigenvalue weighted by atomic mass is 19.4. The van der Waals surface area contributed by atoms with E-state index in [4.69, 9.17) is 9.47 Å². The lowest BCUT2D eigenvalue weighted by Crippen LogP contribution is -2.47. The molecular formula is C37H47F3N4O5. The number of ether oxygens (including phenoxy) is 2. The number of fused-ring (bicyclic) bond motifs is 1. The fourth-order valence-corrected chi connectivity index (χ4v) is 5.77. The van der Waals surface area contributed by atoms with Gasteiger partial charge in [-0.25, -0.2) is 4.79 Å². The number of hydrogen-bond donors (Lipinski definition) is 3. The summed E-state index contributed by atoms with van der Waals surface area (Å²) in [7, 11) is 2.05. The van der Waals surface area contributed by atoms with E-state index in [1.54, 1.807) is 24.0 Å². The molecule has 1 aliphatic rings. The van der Waals surface area contributed by atoms with Gasteiger partial charge in [-0.15, -0.1) is 0 Å². The van der Waals surface area contributed by atoms with E-state index in [2.05, 4.69) is 27.7 Å². The fourth-order valence-electron chi connectivity index (χ4n) is 5.77. The van der Waals surface area contributed by atoms with E-state index in [-0.39, 0.29) is 47.6 Å². The van der Waals surface area contributed by atoms with Crippen LogP contribution in [0, 0.1) is 5.92 Å². The first kappa shape index (κ1) is 37.7. The summed E-state index contributed by atoms with van der Waals surface area (Å²) in [6.45, 7) is 7.74. The van der Waals surface area contributed by atoms with E-state index in [1.807, 2.05) is 39.1 Å². The van der Waals surface area contributed by atoms with Crippen LogP contribution in [-0.4, -0.2) is 78.4 Å². The third kappa shape index (κ3) is 11.2. The minimum atomic E-state index is -4.49. The van der Waals surface area contributed by atoms with Crippen LogP contribution in [-0.2, 0) is 17.5 Å². The van der Waals surface area contributed by atoms with Gasteiger partial charge in [-0.05, 0) is 88.2 Å². The molecule has 0 unspecified atom stereocenters. The molecule has 0 radical (unpaired) electrons. The molecule has 0 saturated heterocycles. The molecule has 0 fully saturated rings. The summed E-state index contributed by atoms with van der Waals surface area (Å²) < 4.78 is 51.5. The predicted molar refractivity (Wildman–Crippen MR) is 184 cm³/mol. The lowest BCUT2D eigenvalue weighted by molar-refractivity contribution is -0.137. The topological polar surface area (TPSA) is 103 Å². The van der Waals surface area contributed by atoms with Gasteiger partial charge in [0.05, 0.1) is 36.0 Å². The molecular weight excluding hydrogens is 637 g/mol. The summed E-state index contributed by atoms with van der Waals surface area (Å²) >= 11 is 0. The van der Waals surface area contributed by atoms with Crippen molar-refractivity contribution < 1.29 is 37.3 Å². The predicted octanol–water partition coefficient (Wildman–Crippen LogP) is 7.28. The number of carbonyl (C=O) groups is 2. The van der Waals surface area contributed by atoms with Gasteiger partial charge in [-0.2, -0.15) is 13.2 Å². The number of alkyl halides is 3. The maximum atomic E-state index is 14.3. The zero-order valence-corrected chi connectivity index (χ0v) is 28.5. The molecule has 1 heterocycles. The molecule has 0 spiro atoms. The number of carbonyl (C=O) groups excluding carboxylic acids is 2. The average molecular weight is 685 g/mol. The van der Waals surface area contributed by atoms with E-state index in [0.717, 1.165) is 50.1 Å². The van der Waals surface area contributed by atoms with Crippen LogP contribution in [0.5, 0.6) is 5.75 Å². The Morgan fingerprint density at radius 3 is 2.37 bits per heavy atom. The van der Waals surface area contributed by atoms with Crippen molar-refractivity contribution in [1.82, 2.24) is 9.80 Å². The Labute approximate surface area is 286 Å². The van der Waals surface area contributed by atoms with Gasteiger partial charge < -0.3 is 30.1 Å². The number of halogens is 3. The Morgan fingerprint density at radius 2 is 1.69 bits per heavy atom. The summed E-state index contributed by atoms with van der Waals surface area (Å²) in [6.07, 6.45) is -2.45. The van der Waals surface area contributed by atoms with Gasteiger partial charge in [-0.3, -0.25) is 9.69 Å². The summed E-state index contributed by atoms with van der Waals surface area (Å²) in [4.78, 5) is 31.0. The van der Waals surface area contributed by atoms with Crippen LogP contribution in [0.4, 0.5) is 29.3 Å². The zero-order valence-electron chi connectivity index (χ0n) is 28.5. The number of nitrogens with one attached hydrogen (secondary N) is 2. The monoisotopic (exact) mass is 684 g/mol. The van der Waals surface area contributed by atoms with Crippen molar-refractivity contribution in [2.75, 3.05) is 44.0 Å². The number of anilines is 2. The van der Waals surface area contributed by atoms with Crippen LogP contribution >= 0.6 is 0 Å². The van der Waals surface area contributed by atoms with E-state index < -0.39 is 23.8 Å². The van der Waals surface area contributed by atoms with Crippen molar-refractivity contribution >= 4 is 23.3 Å². The van der Waals surface area contributed by atoms with Gasteiger partial charge in [0.2, 0.25) is 0 Å². The molecule has 3 aromatic carbocycles. The third-order valence-electron chi connectivity index (χ3n) is 8.57. The number of urea groups is 1. The maximum absolute atomic E-state index is 14.3. The SMILES string of the molecule is C[C@@H]1CCCCO[C@@H](CN(C)Cc2ccccc2)[C@H](C)CN([C@@H](C)CO)C(=O)c2cc(NC(=O)Nc3ccc(C(F)(F)F)cc3)ccc2O1. The number of nitrogens with zero attached hydrogens (tertiary/aromatic N) is 2.